The highest BCUT2D eigenvalue weighted by molar-refractivity contribution is 6.14. The average molecular weight is 654 g/mol. The fraction of sp³-hybridized carbons (Fsp3) is 0.0417. The lowest BCUT2D eigenvalue weighted by molar-refractivity contribution is 0.270. The van der Waals surface area contributed by atoms with Gasteiger partial charge in [0.25, 0.3) is 0 Å². The Kier molecular flexibility index (Phi) is 6.08. The molecule has 0 bridgehead atoms. The molecule has 0 saturated carbocycles. The van der Waals surface area contributed by atoms with Crippen molar-refractivity contribution in [1.29, 1.82) is 0 Å². The molecule has 1 aliphatic carbocycles. The number of para-hydroxylation sites is 3. The van der Waals surface area contributed by atoms with Crippen molar-refractivity contribution in [3.05, 3.63) is 175 Å². The third-order valence-electron chi connectivity index (χ3n) is 10.8. The number of H-pyrrole nitrogens is 1. The number of allylic oxidation sites excluding steroid dienone is 2. The minimum atomic E-state index is 0.0647. The maximum Gasteiger partial charge on any atom is 0.136 e. The summed E-state index contributed by atoms with van der Waals surface area (Å²) in [7, 11) is 0. The highest BCUT2D eigenvalue weighted by Crippen LogP contribution is 2.47. The highest BCUT2D eigenvalue weighted by Gasteiger charge is 2.33. The molecule has 3 heteroatoms. The molecule has 0 fully saturated rings. The quantitative estimate of drug-likeness (QED) is 0.205. The molecule has 0 spiro atoms. The fourth-order valence-electron chi connectivity index (χ4n) is 8.37. The summed E-state index contributed by atoms with van der Waals surface area (Å²) < 4.78 is 12.7. The average Bonchev–Trinajstić information content (AvgIpc) is 3.89. The molecule has 51 heavy (non-hydrogen) atoms. The van der Waals surface area contributed by atoms with Crippen molar-refractivity contribution < 1.29 is 9.15 Å². The zero-order valence-corrected chi connectivity index (χ0v) is 27.6. The van der Waals surface area contributed by atoms with Crippen LogP contribution >= 0.6 is 0 Å². The summed E-state index contributed by atoms with van der Waals surface area (Å²) >= 11 is 0. The first-order chi connectivity index (χ1) is 25.3. The van der Waals surface area contributed by atoms with Crippen LogP contribution in [-0.2, 0) is 0 Å². The second kappa shape index (κ2) is 11.0. The minimum Gasteiger partial charge on any atom is -0.484 e. The van der Waals surface area contributed by atoms with E-state index in [9.17, 15) is 0 Å². The normalized spacial score (nSPS) is 16.2. The zero-order valence-electron chi connectivity index (χ0n) is 27.6. The summed E-state index contributed by atoms with van der Waals surface area (Å²) in [6.07, 6.45) is 8.68. The van der Waals surface area contributed by atoms with E-state index in [0.717, 1.165) is 44.3 Å². The molecular weight excluding hydrogens is 623 g/mol. The molecule has 7 aromatic carbocycles. The maximum absolute atomic E-state index is 6.52. The summed E-state index contributed by atoms with van der Waals surface area (Å²) in [6.45, 7) is 0. The third kappa shape index (κ3) is 4.38. The number of aromatic amines is 1. The molecule has 3 heterocycles. The van der Waals surface area contributed by atoms with Crippen molar-refractivity contribution in [3.8, 4) is 50.3 Å². The van der Waals surface area contributed by atoms with Crippen LogP contribution in [0.25, 0.3) is 88.3 Å². The number of hydrogen-bond acceptors (Lipinski definition) is 2. The molecule has 1 aliphatic heterocycles. The predicted octanol–water partition coefficient (Wildman–Crippen LogP) is 12.9. The van der Waals surface area contributed by atoms with Crippen LogP contribution in [0.15, 0.2) is 174 Å². The number of benzene rings is 7. The highest BCUT2D eigenvalue weighted by atomic mass is 16.5. The summed E-state index contributed by atoms with van der Waals surface area (Å²) in [5.41, 5.74) is 14.7. The van der Waals surface area contributed by atoms with Gasteiger partial charge in [0.1, 0.15) is 23.0 Å². The van der Waals surface area contributed by atoms with Gasteiger partial charge in [-0.2, -0.15) is 0 Å². The van der Waals surface area contributed by atoms with Gasteiger partial charge in [-0.15, -0.1) is 0 Å². The summed E-state index contributed by atoms with van der Waals surface area (Å²) in [5.74, 6) is 1.27. The molecule has 9 aromatic rings. The number of fused-ring (bicyclic) bond motifs is 9. The largest absolute Gasteiger partial charge is 0.484 e. The molecule has 2 aliphatic rings. The monoisotopic (exact) mass is 653 g/mol. The van der Waals surface area contributed by atoms with Gasteiger partial charge in [0.15, 0.2) is 0 Å². The van der Waals surface area contributed by atoms with Gasteiger partial charge in [-0.3, -0.25) is 0 Å². The topological polar surface area (TPSA) is 38.2 Å². The Morgan fingerprint density at radius 1 is 0.471 bits per heavy atom. The van der Waals surface area contributed by atoms with Crippen molar-refractivity contribution in [2.45, 2.75) is 12.0 Å². The van der Waals surface area contributed by atoms with Gasteiger partial charge in [-0.25, -0.2) is 0 Å². The van der Waals surface area contributed by atoms with Crippen LogP contribution in [0.5, 0.6) is 5.75 Å². The number of nitrogens with one attached hydrogen (secondary N) is 1. The van der Waals surface area contributed by atoms with E-state index < -0.39 is 0 Å². The Hall–Kier alpha value is -6.58. The van der Waals surface area contributed by atoms with Gasteiger partial charge in [0.05, 0.1) is 5.52 Å². The number of ether oxygens (including phenoxy) is 1. The second-order valence-electron chi connectivity index (χ2n) is 13.7. The fourth-order valence-corrected chi connectivity index (χ4v) is 8.37. The van der Waals surface area contributed by atoms with Crippen LogP contribution < -0.4 is 4.74 Å². The van der Waals surface area contributed by atoms with Crippen LogP contribution in [0.1, 0.15) is 11.5 Å². The summed E-state index contributed by atoms with van der Waals surface area (Å²) in [4.78, 5) is 3.78. The standard InChI is InChI=1S/C48H31NO2/c1-3-21-43-37(14-1)39-20-8-18-36(48(39)51-43)33-24-25-42-41(28-33)38-19-7-17-35(47(38)49-42)32-13-6-11-30(27-32)29-10-5-12-31(26-29)34-16-9-23-45-46(34)40-15-2-4-22-44(40)50-45/h1-28,37,43,49H. The molecule has 0 radical (unpaired) electrons. The maximum atomic E-state index is 6.52. The molecule has 2 aromatic heterocycles. The number of hydrogen-bond donors (Lipinski definition) is 1. The van der Waals surface area contributed by atoms with E-state index >= 15 is 0 Å². The Balaban J connectivity index is 0.987. The van der Waals surface area contributed by atoms with Crippen LogP contribution in [0.4, 0.5) is 0 Å². The minimum absolute atomic E-state index is 0.0647. The molecule has 2 atom stereocenters. The van der Waals surface area contributed by atoms with Crippen molar-refractivity contribution in [2.24, 2.45) is 0 Å². The van der Waals surface area contributed by atoms with E-state index in [0.29, 0.717) is 0 Å². The van der Waals surface area contributed by atoms with Gasteiger partial charge >= 0.3 is 0 Å². The van der Waals surface area contributed by atoms with Crippen molar-refractivity contribution in [1.82, 2.24) is 4.98 Å². The Bertz CT molecular complexity index is 2920. The van der Waals surface area contributed by atoms with Gasteiger partial charge in [-0.05, 0) is 75.9 Å². The van der Waals surface area contributed by atoms with Crippen LogP contribution in [-0.4, -0.2) is 11.1 Å². The predicted molar refractivity (Wildman–Crippen MR) is 210 cm³/mol. The third-order valence-corrected chi connectivity index (χ3v) is 10.8. The molecule has 1 N–H and O–H groups in total. The second-order valence-corrected chi connectivity index (χ2v) is 13.7. The van der Waals surface area contributed by atoms with Crippen LogP contribution in [0, 0.1) is 0 Å². The van der Waals surface area contributed by atoms with Gasteiger partial charge < -0.3 is 14.1 Å². The van der Waals surface area contributed by atoms with Gasteiger partial charge in [0.2, 0.25) is 0 Å². The molecule has 0 saturated heterocycles. The van der Waals surface area contributed by atoms with E-state index in [4.69, 9.17) is 9.15 Å². The van der Waals surface area contributed by atoms with Gasteiger partial charge in [0, 0.05) is 49.7 Å². The van der Waals surface area contributed by atoms with Gasteiger partial charge in [-0.1, -0.05) is 127 Å². The zero-order chi connectivity index (χ0) is 33.5. The summed E-state index contributed by atoms with van der Waals surface area (Å²) in [6, 6.07) is 52.3. The first-order valence-electron chi connectivity index (χ1n) is 17.6. The van der Waals surface area contributed by atoms with Crippen LogP contribution in [0.3, 0.4) is 0 Å². The molecule has 2 unspecified atom stereocenters. The van der Waals surface area contributed by atoms with E-state index in [1.54, 1.807) is 0 Å². The first kappa shape index (κ1) is 28.3. The van der Waals surface area contributed by atoms with Crippen LogP contribution in [0.2, 0.25) is 0 Å². The van der Waals surface area contributed by atoms with E-state index in [2.05, 4.69) is 163 Å². The lowest BCUT2D eigenvalue weighted by atomic mass is 9.90. The molecular formula is C48H31NO2. The Morgan fingerprint density at radius 2 is 1.14 bits per heavy atom. The van der Waals surface area contributed by atoms with Crippen molar-refractivity contribution >= 4 is 43.7 Å². The number of rotatable bonds is 4. The molecule has 240 valence electrons. The van der Waals surface area contributed by atoms with E-state index in [1.807, 2.05) is 12.1 Å². The smallest absolute Gasteiger partial charge is 0.136 e. The molecule has 11 rings (SSSR count). The summed E-state index contributed by atoms with van der Waals surface area (Å²) in [5, 5.41) is 4.72. The van der Waals surface area contributed by atoms with E-state index in [1.165, 1.54) is 55.3 Å². The van der Waals surface area contributed by atoms with E-state index in [-0.39, 0.29) is 12.0 Å². The van der Waals surface area contributed by atoms with Crippen molar-refractivity contribution in [2.75, 3.05) is 0 Å². The molecule has 0 amide bonds. The lowest BCUT2D eigenvalue weighted by Gasteiger charge is -2.14. The first-order valence-corrected chi connectivity index (χ1v) is 17.6. The number of aromatic nitrogens is 1. The number of furan rings is 1. The SMILES string of the molecule is C1=CC2Oc3c(-c4ccc5[nH]c6c(-c7cccc(-c8cccc(-c9cccc%10oc%11ccccc%11c9%10)c8)c7)cccc6c5c4)cccc3C2C=C1. The lowest BCUT2D eigenvalue weighted by Crippen LogP contribution is -2.15. The Morgan fingerprint density at radius 3 is 2.04 bits per heavy atom. The Labute approximate surface area is 294 Å². The molecule has 3 nitrogen and oxygen atoms in total. The van der Waals surface area contributed by atoms with Crippen molar-refractivity contribution in [3.63, 3.8) is 0 Å².